The maximum Gasteiger partial charge on any atom is 0.191 e. The Balaban J connectivity index is 1.49. The van der Waals surface area contributed by atoms with E-state index in [2.05, 4.69) is 31.5 Å². The predicted octanol–water partition coefficient (Wildman–Crippen LogP) is 1.61. The molecule has 0 aliphatic carbocycles. The molecule has 3 rings (SSSR count). The van der Waals surface area contributed by atoms with Crippen molar-refractivity contribution >= 4 is 5.96 Å². The Labute approximate surface area is 163 Å². The molecule has 0 spiro atoms. The predicted molar refractivity (Wildman–Crippen MR) is 108 cm³/mol. The van der Waals surface area contributed by atoms with Crippen LogP contribution in [0.25, 0.3) is 0 Å². The fourth-order valence-corrected chi connectivity index (χ4v) is 3.86. The number of morpholine rings is 1. The molecular weight excluding hydrogens is 342 g/mol. The van der Waals surface area contributed by atoms with Crippen molar-refractivity contribution in [2.45, 2.75) is 32.2 Å². The van der Waals surface area contributed by atoms with Gasteiger partial charge in [-0.3, -0.25) is 9.89 Å². The largest absolute Gasteiger partial charge is 0.465 e. The van der Waals surface area contributed by atoms with Crippen LogP contribution in [-0.2, 0) is 4.74 Å². The van der Waals surface area contributed by atoms with Gasteiger partial charge in [0.05, 0.1) is 19.3 Å². The number of rotatable bonds is 7. The van der Waals surface area contributed by atoms with Crippen molar-refractivity contribution in [2.75, 3.05) is 66.1 Å². The van der Waals surface area contributed by atoms with Gasteiger partial charge < -0.3 is 24.7 Å². The molecule has 1 aromatic heterocycles. The van der Waals surface area contributed by atoms with Gasteiger partial charge >= 0.3 is 0 Å². The Kier molecular flexibility index (Phi) is 7.98. The number of piperidine rings is 1. The number of nitrogens with one attached hydrogen (secondary N) is 2. The lowest BCUT2D eigenvalue weighted by molar-refractivity contribution is 0.0124. The normalized spacial score (nSPS) is 21.2. The lowest BCUT2D eigenvalue weighted by Gasteiger charge is -2.33. The van der Waals surface area contributed by atoms with Crippen molar-refractivity contribution < 1.29 is 9.15 Å². The third-order valence-electron chi connectivity index (χ3n) is 5.43. The minimum atomic E-state index is 0.184. The average molecular weight is 378 g/mol. The summed E-state index contributed by atoms with van der Waals surface area (Å²) >= 11 is 0. The molecule has 27 heavy (non-hydrogen) atoms. The first-order valence-electron chi connectivity index (χ1n) is 10.3. The van der Waals surface area contributed by atoms with Crippen LogP contribution in [0.5, 0.6) is 0 Å². The van der Waals surface area contributed by atoms with Gasteiger partial charge in [0, 0.05) is 39.8 Å². The quantitative estimate of drug-likeness (QED) is 0.556. The second-order valence-corrected chi connectivity index (χ2v) is 7.39. The van der Waals surface area contributed by atoms with E-state index in [-0.39, 0.29) is 6.04 Å². The molecule has 2 fully saturated rings. The summed E-state index contributed by atoms with van der Waals surface area (Å²) in [5, 5.41) is 6.95. The van der Waals surface area contributed by atoms with Gasteiger partial charge in [-0.25, -0.2) is 0 Å². The standard InChI is InChI=1S/C20H35N5O2/c1-17-6-7-19(27-17)18(25-12-14-26-15-13-25)16-23-20(21-2)22-8-11-24-9-4-3-5-10-24/h6-7,18H,3-5,8-16H2,1-2H3,(H2,21,22,23). The molecule has 1 unspecified atom stereocenters. The van der Waals surface area contributed by atoms with E-state index in [1.807, 2.05) is 20.0 Å². The van der Waals surface area contributed by atoms with Crippen LogP contribution in [0.4, 0.5) is 0 Å². The molecule has 2 aliphatic heterocycles. The van der Waals surface area contributed by atoms with Crippen molar-refractivity contribution in [2.24, 2.45) is 4.99 Å². The van der Waals surface area contributed by atoms with Gasteiger partial charge in [0.2, 0.25) is 0 Å². The van der Waals surface area contributed by atoms with Gasteiger partial charge in [-0.15, -0.1) is 0 Å². The minimum absolute atomic E-state index is 0.184. The molecule has 152 valence electrons. The van der Waals surface area contributed by atoms with E-state index < -0.39 is 0 Å². The zero-order valence-corrected chi connectivity index (χ0v) is 16.9. The van der Waals surface area contributed by atoms with E-state index >= 15 is 0 Å². The molecule has 1 aromatic rings. The maximum absolute atomic E-state index is 5.94. The number of aryl methyl sites for hydroxylation is 1. The lowest BCUT2D eigenvalue weighted by atomic mass is 10.1. The van der Waals surface area contributed by atoms with Gasteiger partial charge in [0.25, 0.3) is 0 Å². The molecule has 1 atom stereocenters. The van der Waals surface area contributed by atoms with Crippen LogP contribution >= 0.6 is 0 Å². The second kappa shape index (κ2) is 10.7. The summed E-state index contributed by atoms with van der Waals surface area (Å²) in [6, 6.07) is 4.31. The molecule has 0 bridgehead atoms. The first-order valence-corrected chi connectivity index (χ1v) is 10.3. The van der Waals surface area contributed by atoms with Crippen LogP contribution in [0.15, 0.2) is 21.5 Å². The monoisotopic (exact) mass is 377 g/mol. The van der Waals surface area contributed by atoms with E-state index in [0.717, 1.165) is 63.4 Å². The molecule has 2 aliphatic rings. The summed E-state index contributed by atoms with van der Waals surface area (Å²) in [6.45, 7) is 10.6. The Morgan fingerprint density at radius 3 is 2.56 bits per heavy atom. The molecule has 2 N–H and O–H groups in total. The molecule has 7 nitrogen and oxygen atoms in total. The van der Waals surface area contributed by atoms with Crippen molar-refractivity contribution in [1.82, 2.24) is 20.4 Å². The Morgan fingerprint density at radius 1 is 1.11 bits per heavy atom. The van der Waals surface area contributed by atoms with E-state index in [4.69, 9.17) is 9.15 Å². The smallest absolute Gasteiger partial charge is 0.191 e. The Morgan fingerprint density at radius 2 is 1.89 bits per heavy atom. The number of guanidine groups is 1. The third kappa shape index (κ3) is 6.23. The van der Waals surface area contributed by atoms with Crippen LogP contribution in [-0.4, -0.2) is 81.8 Å². The number of aliphatic imine (C=N–C) groups is 1. The van der Waals surface area contributed by atoms with Gasteiger partial charge in [0.15, 0.2) is 5.96 Å². The molecule has 0 aromatic carbocycles. The summed E-state index contributed by atoms with van der Waals surface area (Å²) in [5.41, 5.74) is 0. The molecule has 3 heterocycles. The summed E-state index contributed by atoms with van der Waals surface area (Å²) in [4.78, 5) is 9.35. The van der Waals surface area contributed by atoms with Gasteiger partial charge in [0.1, 0.15) is 11.5 Å². The number of hydrogen-bond donors (Lipinski definition) is 2. The highest BCUT2D eigenvalue weighted by Gasteiger charge is 2.25. The highest BCUT2D eigenvalue weighted by molar-refractivity contribution is 5.79. The van der Waals surface area contributed by atoms with Crippen molar-refractivity contribution in [3.05, 3.63) is 23.7 Å². The minimum Gasteiger partial charge on any atom is -0.465 e. The van der Waals surface area contributed by atoms with Gasteiger partial charge in [-0.2, -0.15) is 0 Å². The number of nitrogens with zero attached hydrogens (tertiary/aromatic N) is 3. The topological polar surface area (TPSA) is 65.3 Å². The molecule has 0 amide bonds. The number of furan rings is 1. The van der Waals surface area contributed by atoms with Gasteiger partial charge in [-0.1, -0.05) is 6.42 Å². The van der Waals surface area contributed by atoms with E-state index in [9.17, 15) is 0 Å². The van der Waals surface area contributed by atoms with Crippen LogP contribution in [0.3, 0.4) is 0 Å². The first kappa shape index (κ1) is 20.2. The average Bonchev–Trinajstić information content (AvgIpc) is 3.14. The van der Waals surface area contributed by atoms with Crippen molar-refractivity contribution in [3.63, 3.8) is 0 Å². The van der Waals surface area contributed by atoms with Crippen LogP contribution in [0.2, 0.25) is 0 Å². The van der Waals surface area contributed by atoms with E-state index in [1.165, 1.54) is 32.4 Å². The van der Waals surface area contributed by atoms with Crippen molar-refractivity contribution in [3.8, 4) is 0 Å². The summed E-state index contributed by atoms with van der Waals surface area (Å²) in [5.74, 6) is 2.81. The Hall–Kier alpha value is -1.57. The highest BCUT2D eigenvalue weighted by Crippen LogP contribution is 2.23. The first-order chi connectivity index (χ1) is 13.3. The fourth-order valence-electron chi connectivity index (χ4n) is 3.86. The molecule has 2 saturated heterocycles. The maximum atomic E-state index is 5.94. The number of hydrogen-bond acceptors (Lipinski definition) is 5. The fraction of sp³-hybridized carbons (Fsp3) is 0.750. The highest BCUT2D eigenvalue weighted by atomic mass is 16.5. The summed E-state index contributed by atoms with van der Waals surface area (Å²) in [6.07, 6.45) is 4.04. The summed E-state index contributed by atoms with van der Waals surface area (Å²) in [7, 11) is 1.83. The van der Waals surface area contributed by atoms with E-state index in [1.54, 1.807) is 0 Å². The zero-order valence-electron chi connectivity index (χ0n) is 16.9. The Bertz CT molecular complexity index is 577. The van der Waals surface area contributed by atoms with Crippen molar-refractivity contribution in [1.29, 1.82) is 0 Å². The molecule has 0 saturated carbocycles. The lowest BCUT2D eigenvalue weighted by Crippen LogP contribution is -2.47. The summed E-state index contributed by atoms with van der Waals surface area (Å²) < 4.78 is 11.5. The van der Waals surface area contributed by atoms with Crippen LogP contribution < -0.4 is 10.6 Å². The van der Waals surface area contributed by atoms with Crippen LogP contribution in [0.1, 0.15) is 36.8 Å². The van der Waals surface area contributed by atoms with E-state index in [0.29, 0.717) is 0 Å². The molecule has 0 radical (unpaired) electrons. The third-order valence-corrected chi connectivity index (χ3v) is 5.43. The SMILES string of the molecule is CN=C(NCCN1CCCCC1)NCC(c1ccc(C)o1)N1CCOCC1. The number of ether oxygens (including phenoxy) is 1. The second-order valence-electron chi connectivity index (χ2n) is 7.39. The molecular formula is C20H35N5O2. The van der Waals surface area contributed by atoms with Gasteiger partial charge in [-0.05, 0) is 45.0 Å². The molecule has 7 heteroatoms. The zero-order chi connectivity index (χ0) is 18.9. The van der Waals surface area contributed by atoms with Crippen LogP contribution in [0, 0.1) is 6.92 Å². The number of likely N-dealkylation sites (tertiary alicyclic amines) is 1.